The van der Waals surface area contributed by atoms with Crippen molar-refractivity contribution in [3.05, 3.63) is 63.6 Å². The van der Waals surface area contributed by atoms with Crippen molar-refractivity contribution in [2.75, 3.05) is 14.1 Å². The molecule has 2 rings (SSSR count). The van der Waals surface area contributed by atoms with Crippen molar-refractivity contribution in [2.24, 2.45) is 0 Å². The number of carbonyl (C=O) groups is 2. The highest BCUT2D eigenvalue weighted by Gasteiger charge is 2.24. The zero-order chi connectivity index (χ0) is 20.4. The van der Waals surface area contributed by atoms with Crippen molar-refractivity contribution in [2.45, 2.75) is 17.9 Å². The first kappa shape index (κ1) is 21.4. The molecule has 0 unspecified atom stereocenters. The van der Waals surface area contributed by atoms with Gasteiger partial charge in [-0.05, 0) is 49.4 Å². The van der Waals surface area contributed by atoms with Crippen LogP contribution in [0, 0.1) is 0 Å². The van der Waals surface area contributed by atoms with Gasteiger partial charge < -0.3 is 4.74 Å². The quantitative estimate of drug-likeness (QED) is 0.516. The Balaban J connectivity index is 2.25. The molecule has 0 saturated heterocycles. The maximum Gasteiger partial charge on any atom is 0.340 e. The van der Waals surface area contributed by atoms with Gasteiger partial charge in [-0.25, -0.2) is 17.5 Å². The van der Waals surface area contributed by atoms with Crippen LogP contribution in [0.25, 0.3) is 0 Å². The Labute approximate surface area is 167 Å². The Morgan fingerprint density at radius 2 is 1.63 bits per heavy atom. The average molecular weight is 430 g/mol. The van der Waals surface area contributed by atoms with Crippen LogP contribution in [-0.4, -0.2) is 44.7 Å². The highest BCUT2D eigenvalue weighted by Crippen LogP contribution is 2.23. The van der Waals surface area contributed by atoms with Crippen LogP contribution in [0.15, 0.2) is 47.4 Å². The second-order valence-corrected chi connectivity index (χ2v) is 8.84. The van der Waals surface area contributed by atoms with Gasteiger partial charge in [0.25, 0.3) is 0 Å². The van der Waals surface area contributed by atoms with E-state index in [4.69, 9.17) is 27.9 Å². The zero-order valence-corrected chi connectivity index (χ0v) is 17.1. The molecule has 0 aliphatic carbocycles. The van der Waals surface area contributed by atoms with Crippen molar-refractivity contribution in [3.8, 4) is 0 Å². The van der Waals surface area contributed by atoms with Gasteiger partial charge in [0.15, 0.2) is 6.10 Å². The number of halogens is 2. The van der Waals surface area contributed by atoms with E-state index in [2.05, 4.69) is 0 Å². The third kappa shape index (κ3) is 4.87. The zero-order valence-electron chi connectivity index (χ0n) is 14.8. The fourth-order valence-electron chi connectivity index (χ4n) is 2.16. The highest BCUT2D eigenvalue weighted by atomic mass is 35.5. The molecule has 27 heavy (non-hydrogen) atoms. The molecule has 6 nitrogen and oxygen atoms in total. The molecule has 0 spiro atoms. The number of ketones is 1. The molecule has 0 fully saturated rings. The number of hydrogen-bond donors (Lipinski definition) is 0. The number of carbonyl (C=O) groups excluding carboxylic acids is 2. The third-order valence-electron chi connectivity index (χ3n) is 3.72. The van der Waals surface area contributed by atoms with Crippen LogP contribution in [0.3, 0.4) is 0 Å². The molecule has 9 heteroatoms. The smallest absolute Gasteiger partial charge is 0.340 e. The number of rotatable bonds is 6. The lowest BCUT2D eigenvalue weighted by atomic mass is 10.1. The van der Waals surface area contributed by atoms with Crippen LogP contribution >= 0.6 is 23.2 Å². The number of benzene rings is 2. The number of ether oxygens (including phenoxy) is 1. The van der Waals surface area contributed by atoms with Crippen molar-refractivity contribution in [3.63, 3.8) is 0 Å². The molecule has 0 bridgehead atoms. The molecule has 1 atom stereocenters. The normalized spacial score (nSPS) is 12.7. The van der Waals surface area contributed by atoms with Gasteiger partial charge in [-0.2, -0.15) is 0 Å². The van der Waals surface area contributed by atoms with Gasteiger partial charge in [-0.15, -0.1) is 0 Å². The monoisotopic (exact) mass is 429 g/mol. The summed E-state index contributed by atoms with van der Waals surface area (Å²) in [6.07, 6.45) is -1.09. The van der Waals surface area contributed by atoms with E-state index in [0.717, 1.165) is 10.4 Å². The van der Waals surface area contributed by atoms with Crippen LogP contribution in [0.1, 0.15) is 27.6 Å². The Morgan fingerprint density at radius 1 is 1.04 bits per heavy atom. The van der Waals surface area contributed by atoms with Crippen LogP contribution in [-0.2, 0) is 14.8 Å². The van der Waals surface area contributed by atoms with E-state index in [0.29, 0.717) is 10.6 Å². The van der Waals surface area contributed by atoms with Gasteiger partial charge in [0.05, 0.1) is 15.5 Å². The summed E-state index contributed by atoms with van der Waals surface area (Å²) in [5.41, 5.74) is 0.185. The molecule has 0 saturated carbocycles. The molecule has 2 aromatic rings. The van der Waals surface area contributed by atoms with E-state index in [1.807, 2.05) is 0 Å². The van der Waals surface area contributed by atoms with Crippen molar-refractivity contribution >= 4 is 45.0 Å². The molecular formula is C18H17Cl2NO5S. The van der Waals surface area contributed by atoms with Crippen LogP contribution in [0.2, 0.25) is 10.0 Å². The lowest BCUT2D eigenvalue weighted by molar-refractivity contribution is 0.0318. The van der Waals surface area contributed by atoms with Crippen LogP contribution in [0.5, 0.6) is 0 Å². The van der Waals surface area contributed by atoms with E-state index >= 15 is 0 Å². The highest BCUT2D eigenvalue weighted by molar-refractivity contribution is 7.89. The molecule has 0 amide bonds. The predicted octanol–water partition coefficient (Wildman–Crippen LogP) is 3.67. The first-order valence-electron chi connectivity index (χ1n) is 7.77. The maximum atomic E-state index is 12.4. The second-order valence-electron chi connectivity index (χ2n) is 5.85. The molecule has 0 aliphatic rings. The number of esters is 1. The number of hydrogen-bond acceptors (Lipinski definition) is 5. The molecule has 0 heterocycles. The lowest BCUT2D eigenvalue weighted by Gasteiger charge is -2.15. The summed E-state index contributed by atoms with van der Waals surface area (Å²) in [5.74, 6) is -1.32. The number of nitrogens with zero attached hydrogens (tertiary/aromatic N) is 1. The van der Waals surface area contributed by atoms with Gasteiger partial charge in [-0.3, -0.25) is 4.79 Å². The molecule has 0 aliphatic heterocycles. The van der Waals surface area contributed by atoms with Crippen molar-refractivity contribution < 1.29 is 22.7 Å². The van der Waals surface area contributed by atoms with Gasteiger partial charge in [-0.1, -0.05) is 23.2 Å². The van der Waals surface area contributed by atoms with E-state index < -0.39 is 27.9 Å². The number of sulfonamides is 1. The molecule has 0 N–H and O–H groups in total. The fraction of sp³-hybridized carbons (Fsp3) is 0.222. The molecule has 144 valence electrons. The largest absolute Gasteiger partial charge is 0.451 e. The van der Waals surface area contributed by atoms with Gasteiger partial charge in [0, 0.05) is 24.7 Å². The Kier molecular flexibility index (Phi) is 6.64. The van der Waals surface area contributed by atoms with Crippen molar-refractivity contribution in [1.82, 2.24) is 4.31 Å². The van der Waals surface area contributed by atoms with Crippen molar-refractivity contribution in [1.29, 1.82) is 0 Å². The van der Waals surface area contributed by atoms with E-state index in [-0.39, 0.29) is 15.5 Å². The summed E-state index contributed by atoms with van der Waals surface area (Å²) in [6, 6.07) is 9.85. The summed E-state index contributed by atoms with van der Waals surface area (Å²) in [7, 11) is -1.01. The summed E-state index contributed by atoms with van der Waals surface area (Å²) in [5, 5.41) is 0.491. The lowest BCUT2D eigenvalue weighted by Crippen LogP contribution is -2.25. The standard InChI is InChI=1S/C18H17Cl2NO5S/c1-11(17(22)12-4-6-13(19)7-5-12)26-18(23)15-10-14(8-9-16(15)20)27(24,25)21(2)3/h4-11H,1-3H3/t11-/m0/s1. The minimum absolute atomic E-state index is 0.0175. The van der Waals surface area contributed by atoms with E-state index in [9.17, 15) is 18.0 Å². The minimum atomic E-state index is -3.75. The summed E-state index contributed by atoms with van der Waals surface area (Å²) in [4.78, 5) is 24.7. The Morgan fingerprint density at radius 3 is 2.19 bits per heavy atom. The van der Waals surface area contributed by atoms with Crippen LogP contribution in [0.4, 0.5) is 0 Å². The molecule has 2 aromatic carbocycles. The molecule has 0 aromatic heterocycles. The van der Waals surface area contributed by atoms with Gasteiger partial charge in [0.2, 0.25) is 15.8 Å². The first-order chi connectivity index (χ1) is 12.5. The van der Waals surface area contributed by atoms with Gasteiger partial charge >= 0.3 is 5.97 Å². The average Bonchev–Trinajstić information content (AvgIpc) is 2.61. The Bertz CT molecular complexity index is 972. The molecule has 0 radical (unpaired) electrons. The summed E-state index contributed by atoms with van der Waals surface area (Å²) >= 11 is 11.8. The van der Waals surface area contributed by atoms with Crippen LogP contribution < -0.4 is 0 Å². The number of Topliss-reactive ketones (excluding diaryl/α,β-unsaturated/α-hetero) is 1. The minimum Gasteiger partial charge on any atom is -0.451 e. The fourth-order valence-corrected chi connectivity index (χ4v) is 3.41. The van der Waals surface area contributed by atoms with E-state index in [1.165, 1.54) is 45.3 Å². The summed E-state index contributed by atoms with van der Waals surface area (Å²) < 4.78 is 30.6. The Hall–Kier alpha value is -1.93. The first-order valence-corrected chi connectivity index (χ1v) is 9.96. The predicted molar refractivity (Wildman–Crippen MR) is 103 cm³/mol. The van der Waals surface area contributed by atoms with Gasteiger partial charge in [0.1, 0.15) is 0 Å². The maximum absolute atomic E-state index is 12.4. The summed E-state index contributed by atoms with van der Waals surface area (Å²) in [6.45, 7) is 1.42. The van der Waals surface area contributed by atoms with E-state index in [1.54, 1.807) is 12.1 Å². The SMILES string of the molecule is C[C@H](OC(=O)c1cc(S(=O)(=O)N(C)C)ccc1Cl)C(=O)c1ccc(Cl)cc1. The second kappa shape index (κ2) is 8.39. The third-order valence-corrected chi connectivity index (χ3v) is 6.11. The topological polar surface area (TPSA) is 80.8 Å². The molecular weight excluding hydrogens is 413 g/mol.